The number of likely N-dealkylation sites (tertiary alicyclic amines) is 1. The topological polar surface area (TPSA) is 247 Å². The number of aliphatic hydroxyl groups excluding tert-OH is 2. The number of aliphatic carboxylic acids is 1. The van der Waals surface area contributed by atoms with E-state index in [4.69, 9.17) is 27.4 Å². The summed E-state index contributed by atoms with van der Waals surface area (Å²) in [5.74, 6) is -3.56. The maximum Gasteiger partial charge on any atom is 0.328 e. The van der Waals surface area contributed by atoms with Crippen LogP contribution in [-0.2, 0) is 19.2 Å². The van der Waals surface area contributed by atoms with Crippen molar-refractivity contribution in [3.05, 3.63) is 0 Å². The molecule has 0 aromatic heterocycles. The first kappa shape index (κ1) is 27.1. The van der Waals surface area contributed by atoms with E-state index in [0.717, 1.165) is 0 Å². The number of aliphatic hydroxyl groups is 2. The van der Waals surface area contributed by atoms with Gasteiger partial charge in [-0.05, 0) is 32.6 Å². The van der Waals surface area contributed by atoms with Gasteiger partial charge in [0, 0.05) is 13.1 Å². The molecule has 1 saturated heterocycles. The highest BCUT2D eigenvalue weighted by Crippen LogP contribution is 2.20. The van der Waals surface area contributed by atoms with Gasteiger partial charge in [-0.15, -0.1) is 0 Å². The molecule has 1 heterocycles. The smallest absolute Gasteiger partial charge is 0.328 e. The highest BCUT2D eigenvalue weighted by Gasteiger charge is 2.39. The fraction of sp³-hybridized carbons (Fsp3) is 0.722. The van der Waals surface area contributed by atoms with E-state index >= 15 is 0 Å². The predicted octanol–water partition coefficient (Wildman–Crippen LogP) is -4.21. The van der Waals surface area contributed by atoms with Crippen LogP contribution in [0.25, 0.3) is 0 Å². The fourth-order valence-electron chi connectivity index (χ4n) is 3.20. The lowest BCUT2D eigenvalue weighted by atomic mass is 10.1. The Balaban J connectivity index is 2.96. The Morgan fingerprint density at radius 2 is 1.84 bits per heavy atom. The SMILES string of the molecule is CC(O)C(N)C(=O)NC(CCCN=C(N)N)C(=O)N1CCCC1C(=O)NC(CO)C(=O)O. The molecule has 0 aromatic rings. The van der Waals surface area contributed by atoms with Gasteiger partial charge in [0.2, 0.25) is 17.7 Å². The zero-order chi connectivity index (χ0) is 24.4. The van der Waals surface area contributed by atoms with Gasteiger partial charge in [0.1, 0.15) is 24.2 Å². The van der Waals surface area contributed by atoms with E-state index in [1.807, 2.05) is 0 Å². The van der Waals surface area contributed by atoms with E-state index in [2.05, 4.69) is 15.6 Å². The highest BCUT2D eigenvalue weighted by molar-refractivity contribution is 5.94. The van der Waals surface area contributed by atoms with Crippen molar-refractivity contribution in [2.75, 3.05) is 19.7 Å². The first-order valence-electron chi connectivity index (χ1n) is 10.2. The molecule has 0 bridgehead atoms. The number of amides is 3. The lowest BCUT2D eigenvalue weighted by molar-refractivity contribution is -0.145. The van der Waals surface area contributed by atoms with Gasteiger partial charge >= 0.3 is 5.97 Å². The first-order chi connectivity index (χ1) is 15.0. The van der Waals surface area contributed by atoms with Crippen LogP contribution < -0.4 is 27.8 Å². The van der Waals surface area contributed by atoms with Crippen LogP contribution in [0.3, 0.4) is 0 Å². The largest absolute Gasteiger partial charge is 0.480 e. The predicted molar refractivity (Wildman–Crippen MR) is 113 cm³/mol. The standard InChI is InChI=1S/C18H33N7O7/c1-9(27)13(19)15(29)23-10(4-2-6-22-18(20)21)16(30)25-7-3-5-12(25)14(28)24-11(8-26)17(31)32/h9-13,26-27H,2-8,19H2,1H3,(H,23,29)(H,24,28)(H,31,32)(H4,20,21,22). The summed E-state index contributed by atoms with van der Waals surface area (Å²) in [4.78, 5) is 54.2. The van der Waals surface area contributed by atoms with Crippen LogP contribution >= 0.6 is 0 Å². The number of aliphatic imine (C=N–C) groups is 1. The molecule has 5 unspecified atom stereocenters. The fourth-order valence-corrected chi connectivity index (χ4v) is 3.20. The normalized spacial score (nSPS) is 19.4. The second kappa shape index (κ2) is 12.8. The average molecular weight is 460 g/mol. The number of hydrogen-bond acceptors (Lipinski definition) is 8. The third-order valence-corrected chi connectivity index (χ3v) is 5.02. The monoisotopic (exact) mass is 459 g/mol. The molecule has 14 nitrogen and oxygen atoms in total. The maximum atomic E-state index is 13.2. The molecule has 0 spiro atoms. The lowest BCUT2D eigenvalue weighted by Gasteiger charge is -2.30. The van der Waals surface area contributed by atoms with Crippen LogP contribution in [0, 0.1) is 0 Å². The number of nitrogens with zero attached hydrogens (tertiary/aromatic N) is 2. The molecule has 1 aliphatic rings. The number of carboxylic acid groups (broad SMARTS) is 1. The third kappa shape index (κ3) is 7.94. The molecule has 5 atom stereocenters. The van der Waals surface area contributed by atoms with Gasteiger partial charge in [-0.1, -0.05) is 0 Å². The zero-order valence-corrected chi connectivity index (χ0v) is 17.9. The van der Waals surface area contributed by atoms with Gasteiger partial charge < -0.3 is 48.1 Å². The molecule has 1 fully saturated rings. The number of carbonyl (C=O) groups is 4. The molecule has 32 heavy (non-hydrogen) atoms. The molecule has 1 aliphatic heterocycles. The Bertz CT molecular complexity index is 712. The van der Waals surface area contributed by atoms with Crippen LogP contribution in [0.4, 0.5) is 0 Å². The van der Waals surface area contributed by atoms with E-state index in [1.54, 1.807) is 0 Å². The molecule has 11 N–H and O–H groups in total. The lowest BCUT2D eigenvalue weighted by Crippen LogP contribution is -2.58. The van der Waals surface area contributed by atoms with E-state index in [-0.39, 0.29) is 31.9 Å². The molecule has 14 heteroatoms. The minimum atomic E-state index is -1.50. The highest BCUT2D eigenvalue weighted by atomic mass is 16.4. The Hall–Kier alpha value is -2.97. The van der Waals surface area contributed by atoms with Gasteiger partial charge in [0.15, 0.2) is 5.96 Å². The van der Waals surface area contributed by atoms with Crippen molar-refractivity contribution in [2.24, 2.45) is 22.2 Å². The van der Waals surface area contributed by atoms with E-state index in [9.17, 15) is 24.3 Å². The van der Waals surface area contributed by atoms with Crippen molar-refractivity contribution in [3.8, 4) is 0 Å². The van der Waals surface area contributed by atoms with Gasteiger partial charge in [-0.25, -0.2) is 4.79 Å². The summed E-state index contributed by atoms with van der Waals surface area (Å²) in [5.41, 5.74) is 16.2. The van der Waals surface area contributed by atoms with Crippen LogP contribution in [-0.4, -0.2) is 99.8 Å². The van der Waals surface area contributed by atoms with Crippen molar-refractivity contribution in [2.45, 2.75) is 62.9 Å². The van der Waals surface area contributed by atoms with E-state index < -0.39 is 60.6 Å². The molecule has 0 aromatic carbocycles. The van der Waals surface area contributed by atoms with Gasteiger partial charge in [0.05, 0.1) is 12.7 Å². The molecular formula is C18H33N7O7. The van der Waals surface area contributed by atoms with E-state index in [0.29, 0.717) is 12.8 Å². The van der Waals surface area contributed by atoms with Crippen molar-refractivity contribution in [3.63, 3.8) is 0 Å². The number of nitrogens with two attached hydrogens (primary N) is 3. The van der Waals surface area contributed by atoms with Crippen LogP contribution in [0.2, 0.25) is 0 Å². The minimum absolute atomic E-state index is 0.124. The number of carboxylic acids is 1. The van der Waals surface area contributed by atoms with Crippen molar-refractivity contribution >= 4 is 29.7 Å². The molecule has 3 amide bonds. The summed E-state index contributed by atoms with van der Waals surface area (Å²) >= 11 is 0. The summed E-state index contributed by atoms with van der Waals surface area (Å²) in [6.45, 7) is 0.949. The van der Waals surface area contributed by atoms with Crippen molar-refractivity contribution < 1.29 is 34.5 Å². The molecule has 1 rings (SSSR count). The molecule has 0 aliphatic carbocycles. The summed E-state index contributed by atoms with van der Waals surface area (Å²) in [7, 11) is 0. The van der Waals surface area contributed by atoms with E-state index in [1.165, 1.54) is 11.8 Å². The number of rotatable bonds is 12. The summed E-state index contributed by atoms with van der Waals surface area (Å²) in [6.07, 6.45) is 0.0888. The second-order valence-electron chi connectivity index (χ2n) is 7.55. The minimum Gasteiger partial charge on any atom is -0.480 e. The zero-order valence-electron chi connectivity index (χ0n) is 17.9. The summed E-state index contributed by atoms with van der Waals surface area (Å²) in [5, 5.41) is 32.4. The number of hydrogen-bond donors (Lipinski definition) is 8. The maximum absolute atomic E-state index is 13.2. The Morgan fingerprint density at radius 3 is 2.38 bits per heavy atom. The number of carbonyl (C=O) groups excluding carboxylic acids is 3. The van der Waals surface area contributed by atoms with Crippen LogP contribution in [0.5, 0.6) is 0 Å². The van der Waals surface area contributed by atoms with Gasteiger partial charge in [0.25, 0.3) is 0 Å². The Labute approximate surface area is 185 Å². The molecule has 0 radical (unpaired) electrons. The Morgan fingerprint density at radius 1 is 1.19 bits per heavy atom. The van der Waals surface area contributed by atoms with Gasteiger partial charge in [-0.2, -0.15) is 0 Å². The van der Waals surface area contributed by atoms with Crippen LogP contribution in [0.1, 0.15) is 32.6 Å². The third-order valence-electron chi connectivity index (χ3n) is 5.02. The molecule has 0 saturated carbocycles. The Kier molecular flexibility index (Phi) is 10.8. The number of nitrogens with one attached hydrogen (secondary N) is 2. The summed E-state index contributed by atoms with van der Waals surface area (Å²) < 4.78 is 0. The second-order valence-corrected chi connectivity index (χ2v) is 7.55. The molecule has 182 valence electrons. The average Bonchev–Trinajstić information content (AvgIpc) is 3.22. The number of guanidine groups is 1. The van der Waals surface area contributed by atoms with Crippen molar-refractivity contribution in [1.82, 2.24) is 15.5 Å². The van der Waals surface area contributed by atoms with Crippen molar-refractivity contribution in [1.29, 1.82) is 0 Å². The van der Waals surface area contributed by atoms with Gasteiger partial charge in [-0.3, -0.25) is 19.4 Å². The van der Waals surface area contributed by atoms with Crippen LogP contribution in [0.15, 0.2) is 4.99 Å². The quantitative estimate of drug-likeness (QED) is 0.0793. The summed E-state index contributed by atoms with van der Waals surface area (Å²) in [6, 6.07) is -4.79. The first-order valence-corrected chi connectivity index (χ1v) is 10.2. The molecular weight excluding hydrogens is 426 g/mol.